The number of carbonyl (C=O) groups is 1. The van der Waals surface area contributed by atoms with Crippen LogP contribution in [0.3, 0.4) is 0 Å². The van der Waals surface area contributed by atoms with Gasteiger partial charge in [0.1, 0.15) is 5.75 Å². The molecule has 0 aliphatic carbocycles. The largest absolute Gasteiger partial charge is 0.484 e. The molecule has 0 aromatic heterocycles. The number of amides is 1. The van der Waals surface area contributed by atoms with Crippen LogP contribution in [0.25, 0.3) is 0 Å². The van der Waals surface area contributed by atoms with Gasteiger partial charge >= 0.3 is 0 Å². The Labute approximate surface area is 136 Å². The molecule has 0 fully saturated rings. The third kappa shape index (κ3) is 4.37. The molecule has 0 spiro atoms. The molecule has 0 saturated heterocycles. The number of hydrogen-bond donors (Lipinski definition) is 2. The zero-order valence-electron chi connectivity index (χ0n) is 11.3. The third-order valence-electron chi connectivity index (χ3n) is 2.79. The lowest BCUT2D eigenvalue weighted by molar-refractivity contribution is -0.118. The molecule has 0 aliphatic heterocycles. The van der Waals surface area contributed by atoms with Gasteiger partial charge in [0, 0.05) is 9.50 Å². The van der Waals surface area contributed by atoms with Crippen molar-refractivity contribution in [2.75, 3.05) is 17.7 Å². The number of ether oxygens (including phenoxy) is 1. The van der Waals surface area contributed by atoms with Crippen LogP contribution in [0.1, 0.15) is 5.56 Å². The highest BCUT2D eigenvalue weighted by Gasteiger charge is 2.07. The van der Waals surface area contributed by atoms with Crippen LogP contribution in [0.4, 0.5) is 11.4 Å². The smallest absolute Gasteiger partial charge is 0.262 e. The second-order valence-electron chi connectivity index (χ2n) is 4.48. The van der Waals surface area contributed by atoms with Gasteiger partial charge in [-0.3, -0.25) is 4.79 Å². The van der Waals surface area contributed by atoms with Crippen LogP contribution in [0.5, 0.6) is 5.75 Å². The Morgan fingerprint density at radius 1 is 1.33 bits per heavy atom. The number of carbonyl (C=O) groups excluding carboxylic acids is 1. The standard InChI is InChI=1S/C15H14BrClN2O2/c1-9-6-11(3-4-12(9)16)21-8-15(20)19-14-7-10(17)2-5-13(14)18/h2-7H,8,18H2,1H3,(H,19,20). The number of halogens is 2. The summed E-state index contributed by atoms with van der Waals surface area (Å²) in [6, 6.07) is 10.4. The average molecular weight is 370 g/mol. The van der Waals surface area contributed by atoms with Crippen molar-refractivity contribution >= 4 is 44.8 Å². The van der Waals surface area contributed by atoms with Gasteiger partial charge in [0.25, 0.3) is 5.91 Å². The van der Waals surface area contributed by atoms with Crippen molar-refractivity contribution in [3.8, 4) is 5.75 Å². The van der Waals surface area contributed by atoms with Crippen LogP contribution in [0.15, 0.2) is 40.9 Å². The molecule has 2 aromatic carbocycles. The summed E-state index contributed by atoms with van der Waals surface area (Å²) in [5.74, 6) is 0.328. The maximum atomic E-state index is 11.9. The number of nitrogens with two attached hydrogens (primary N) is 1. The molecule has 0 radical (unpaired) electrons. The number of rotatable bonds is 4. The van der Waals surface area contributed by atoms with Crippen molar-refractivity contribution in [1.82, 2.24) is 0 Å². The van der Waals surface area contributed by atoms with E-state index in [2.05, 4.69) is 21.2 Å². The average Bonchev–Trinajstić information content (AvgIpc) is 2.44. The first kappa shape index (κ1) is 15.7. The molecule has 0 bridgehead atoms. The van der Waals surface area contributed by atoms with Crippen molar-refractivity contribution in [2.24, 2.45) is 0 Å². The zero-order chi connectivity index (χ0) is 15.4. The topological polar surface area (TPSA) is 64.3 Å². The molecule has 6 heteroatoms. The lowest BCUT2D eigenvalue weighted by atomic mass is 10.2. The first-order chi connectivity index (χ1) is 9.95. The first-order valence-electron chi connectivity index (χ1n) is 6.19. The van der Waals surface area contributed by atoms with Gasteiger partial charge in [-0.2, -0.15) is 0 Å². The number of nitrogen functional groups attached to an aromatic ring is 1. The minimum absolute atomic E-state index is 0.104. The van der Waals surface area contributed by atoms with E-state index in [0.29, 0.717) is 22.1 Å². The van der Waals surface area contributed by atoms with E-state index in [9.17, 15) is 4.79 Å². The van der Waals surface area contributed by atoms with Crippen LogP contribution in [0, 0.1) is 6.92 Å². The Bertz CT molecular complexity index is 677. The minimum Gasteiger partial charge on any atom is -0.484 e. The number of benzene rings is 2. The SMILES string of the molecule is Cc1cc(OCC(=O)Nc2cc(Cl)ccc2N)ccc1Br. The van der Waals surface area contributed by atoms with Gasteiger partial charge in [-0.25, -0.2) is 0 Å². The molecule has 0 aliphatic rings. The molecule has 1 amide bonds. The second-order valence-corrected chi connectivity index (χ2v) is 5.77. The normalized spacial score (nSPS) is 10.2. The van der Waals surface area contributed by atoms with Crippen LogP contribution in [0.2, 0.25) is 5.02 Å². The van der Waals surface area contributed by atoms with E-state index in [1.165, 1.54) is 0 Å². The van der Waals surface area contributed by atoms with Crippen LogP contribution in [-0.4, -0.2) is 12.5 Å². The Hall–Kier alpha value is -1.72. The van der Waals surface area contributed by atoms with Gasteiger partial charge < -0.3 is 15.8 Å². The van der Waals surface area contributed by atoms with E-state index in [1.54, 1.807) is 24.3 Å². The Balaban J connectivity index is 1.95. The number of hydrogen-bond acceptors (Lipinski definition) is 3. The summed E-state index contributed by atoms with van der Waals surface area (Å²) in [6.45, 7) is 1.84. The van der Waals surface area contributed by atoms with Gasteiger partial charge in [-0.15, -0.1) is 0 Å². The van der Waals surface area contributed by atoms with E-state index >= 15 is 0 Å². The lowest BCUT2D eigenvalue weighted by Crippen LogP contribution is -2.20. The van der Waals surface area contributed by atoms with E-state index < -0.39 is 0 Å². The van der Waals surface area contributed by atoms with Crippen LogP contribution in [-0.2, 0) is 4.79 Å². The van der Waals surface area contributed by atoms with Crippen molar-refractivity contribution in [2.45, 2.75) is 6.92 Å². The van der Waals surface area contributed by atoms with Crippen LogP contribution >= 0.6 is 27.5 Å². The minimum atomic E-state index is -0.301. The fraction of sp³-hybridized carbons (Fsp3) is 0.133. The summed E-state index contributed by atoms with van der Waals surface area (Å²) in [6.07, 6.45) is 0. The summed E-state index contributed by atoms with van der Waals surface area (Å²) in [4.78, 5) is 11.9. The number of aryl methyl sites for hydroxylation is 1. The molecule has 3 N–H and O–H groups in total. The van der Waals surface area contributed by atoms with Gasteiger partial charge in [0.05, 0.1) is 11.4 Å². The summed E-state index contributed by atoms with van der Waals surface area (Å²) in [7, 11) is 0. The summed E-state index contributed by atoms with van der Waals surface area (Å²) in [5.41, 5.74) is 7.72. The molecule has 0 unspecified atom stereocenters. The van der Waals surface area contributed by atoms with Gasteiger partial charge in [0.2, 0.25) is 0 Å². The van der Waals surface area contributed by atoms with Gasteiger partial charge in [-0.05, 0) is 48.9 Å². The predicted octanol–water partition coefficient (Wildman–Crippen LogP) is 4.01. The third-order valence-corrected chi connectivity index (χ3v) is 3.91. The van der Waals surface area contributed by atoms with Gasteiger partial charge in [0.15, 0.2) is 6.61 Å². The Morgan fingerprint density at radius 2 is 2.10 bits per heavy atom. The molecule has 0 heterocycles. The van der Waals surface area contributed by atoms with Crippen molar-refractivity contribution in [3.05, 3.63) is 51.5 Å². The van der Waals surface area contributed by atoms with Crippen molar-refractivity contribution in [3.63, 3.8) is 0 Å². The highest BCUT2D eigenvalue weighted by atomic mass is 79.9. The van der Waals surface area contributed by atoms with Crippen molar-refractivity contribution < 1.29 is 9.53 Å². The van der Waals surface area contributed by atoms with Crippen molar-refractivity contribution in [1.29, 1.82) is 0 Å². The Morgan fingerprint density at radius 3 is 2.81 bits per heavy atom. The predicted molar refractivity (Wildman–Crippen MR) is 88.9 cm³/mol. The maximum Gasteiger partial charge on any atom is 0.262 e. The fourth-order valence-electron chi connectivity index (χ4n) is 1.68. The summed E-state index contributed by atoms with van der Waals surface area (Å²) < 4.78 is 6.43. The Kier molecular flexibility index (Phi) is 5.09. The molecular formula is C15H14BrClN2O2. The highest BCUT2D eigenvalue weighted by Crippen LogP contribution is 2.23. The molecule has 0 saturated carbocycles. The quantitative estimate of drug-likeness (QED) is 0.800. The zero-order valence-corrected chi connectivity index (χ0v) is 13.7. The van der Waals surface area contributed by atoms with Crippen LogP contribution < -0.4 is 15.8 Å². The molecule has 21 heavy (non-hydrogen) atoms. The van der Waals surface area contributed by atoms with E-state index in [1.807, 2.05) is 19.1 Å². The van der Waals surface area contributed by atoms with Gasteiger partial charge in [-0.1, -0.05) is 27.5 Å². The highest BCUT2D eigenvalue weighted by molar-refractivity contribution is 9.10. The molecule has 2 aromatic rings. The molecule has 110 valence electrons. The summed E-state index contributed by atoms with van der Waals surface area (Å²) in [5, 5.41) is 3.17. The maximum absolute atomic E-state index is 11.9. The van der Waals surface area contributed by atoms with E-state index in [-0.39, 0.29) is 12.5 Å². The molecule has 2 rings (SSSR count). The second kappa shape index (κ2) is 6.83. The lowest BCUT2D eigenvalue weighted by Gasteiger charge is -2.10. The number of nitrogens with one attached hydrogen (secondary N) is 1. The molecule has 4 nitrogen and oxygen atoms in total. The number of anilines is 2. The summed E-state index contributed by atoms with van der Waals surface area (Å²) >= 11 is 9.27. The fourth-order valence-corrected chi connectivity index (χ4v) is 2.10. The first-order valence-corrected chi connectivity index (χ1v) is 7.36. The molecule has 0 atom stereocenters. The van der Waals surface area contributed by atoms with E-state index in [4.69, 9.17) is 22.1 Å². The van der Waals surface area contributed by atoms with E-state index in [0.717, 1.165) is 10.0 Å². The molecular weight excluding hydrogens is 356 g/mol. The monoisotopic (exact) mass is 368 g/mol.